The zero-order valence-corrected chi connectivity index (χ0v) is 70.4. The number of ketones is 2. The summed E-state index contributed by atoms with van der Waals surface area (Å²) < 4.78 is 55.0. The molecule has 0 radical (unpaired) electrons. The Morgan fingerprint density at radius 2 is 1.41 bits per heavy atom. The molecule has 36 nitrogen and oxygen atoms in total. The van der Waals surface area contributed by atoms with E-state index in [0.29, 0.717) is 5.56 Å². The number of nitrogens with two attached hydrogens (primary N) is 1. The van der Waals surface area contributed by atoms with Gasteiger partial charge in [0.05, 0.1) is 50.5 Å². The normalized spacial score (nSPS) is 22.1. The average molecular weight is 1650 g/mol. The molecule has 0 bridgehead atoms. The fraction of sp³-hybridized carbons (Fsp3) is 0.620. The molecule has 116 heavy (non-hydrogen) atoms. The van der Waals surface area contributed by atoms with E-state index in [1.165, 1.54) is 115 Å². The number of hydrogen-bond donors (Lipinski definition) is 8. The number of phosphoric acid groups is 1. The molecule has 2 aliphatic heterocycles. The Labute approximate surface area is 677 Å². The van der Waals surface area contributed by atoms with Crippen molar-refractivity contribution in [3.8, 4) is 0 Å². The third kappa shape index (κ3) is 29.4. The van der Waals surface area contributed by atoms with Gasteiger partial charge in [0.25, 0.3) is 11.8 Å². The molecule has 2 aromatic rings. The van der Waals surface area contributed by atoms with Crippen LogP contribution in [0.1, 0.15) is 153 Å². The van der Waals surface area contributed by atoms with Crippen molar-refractivity contribution in [2.75, 3.05) is 59.9 Å². The molecule has 2 saturated heterocycles. The summed E-state index contributed by atoms with van der Waals surface area (Å²) in [6.45, 7) is 23.7. The second-order valence-electron chi connectivity index (χ2n) is 30.5. The molecule has 37 heteroatoms. The number of benzene rings is 2. The van der Waals surface area contributed by atoms with Gasteiger partial charge in [-0.25, -0.2) is 18.9 Å². The van der Waals surface area contributed by atoms with E-state index in [1.807, 2.05) is 0 Å². The number of nitrogens with zero attached hydrogens (tertiary/aromatic N) is 4. The minimum absolute atomic E-state index is 0.000387. The zero-order valence-electron chi connectivity index (χ0n) is 69.5. The van der Waals surface area contributed by atoms with Crippen LogP contribution in [0.15, 0.2) is 66.9 Å². The number of likely N-dealkylation sites (tertiary alicyclic amines) is 1. The number of hydrogen-bond acceptors (Lipinski definition) is 24. The summed E-state index contributed by atoms with van der Waals surface area (Å²) in [4.78, 5) is 237. The Morgan fingerprint density at radius 1 is 0.767 bits per heavy atom. The van der Waals surface area contributed by atoms with Crippen molar-refractivity contribution < 1.29 is 119 Å². The molecular weight excluding hydrogens is 1530 g/mol. The number of cyclic esters (lactones) is 2. The third-order valence-electron chi connectivity index (χ3n) is 19.9. The topological polar surface area (TPSA) is 486 Å². The minimum Gasteiger partial charge on any atom is -0.459 e. The van der Waals surface area contributed by atoms with Crippen molar-refractivity contribution in [2.24, 2.45) is 47.2 Å². The van der Waals surface area contributed by atoms with Crippen molar-refractivity contribution >= 4 is 108 Å². The van der Waals surface area contributed by atoms with Gasteiger partial charge in [-0.15, -0.1) is 0 Å². The second-order valence-corrected chi connectivity index (χ2v) is 31.9. The first kappa shape index (κ1) is 98.5. The molecule has 0 aromatic heterocycles. The van der Waals surface area contributed by atoms with Crippen LogP contribution >= 0.6 is 7.82 Å². The summed E-state index contributed by atoms with van der Waals surface area (Å²) in [5.41, 5.74) is 5.67. The number of esters is 3. The summed E-state index contributed by atoms with van der Waals surface area (Å²) in [7, 11) is -0.607. The van der Waals surface area contributed by atoms with Crippen LogP contribution < -0.4 is 37.6 Å². The number of likely N-dealkylation sites (N-methyl/N-ethyl adjacent to an activating group) is 3. The summed E-state index contributed by atoms with van der Waals surface area (Å²) in [6.07, 6.45) is -9.44. The average Bonchev–Trinajstić information content (AvgIpc) is 1.02. The number of nitrogens with one attached hydrogen (secondary N) is 6. The van der Waals surface area contributed by atoms with Gasteiger partial charge < -0.3 is 80.9 Å². The molecular formula is C79H118N11O25P. The Bertz CT molecular complexity index is 3880. The van der Waals surface area contributed by atoms with E-state index in [2.05, 4.69) is 38.5 Å². The van der Waals surface area contributed by atoms with Crippen molar-refractivity contribution in [3.05, 3.63) is 78.0 Å². The lowest BCUT2D eigenvalue weighted by atomic mass is 9.88. The lowest BCUT2D eigenvalue weighted by molar-refractivity contribution is -0.177. The van der Waals surface area contributed by atoms with E-state index >= 15 is 14.4 Å². The highest BCUT2D eigenvalue weighted by molar-refractivity contribution is 7.47. The summed E-state index contributed by atoms with van der Waals surface area (Å²) in [5, 5.41) is 15.4. The molecule has 9 N–H and O–H groups in total. The number of methoxy groups -OCH3 is 1. The molecule has 2 aliphatic rings. The van der Waals surface area contributed by atoms with Gasteiger partial charge in [-0.1, -0.05) is 118 Å². The maximum atomic E-state index is 15.7. The van der Waals surface area contributed by atoms with Crippen LogP contribution in [0, 0.1) is 41.4 Å². The van der Waals surface area contributed by atoms with Gasteiger partial charge in [0.1, 0.15) is 41.8 Å². The highest BCUT2D eigenvalue weighted by atomic mass is 31.2. The molecule has 2 aromatic carbocycles. The van der Waals surface area contributed by atoms with Crippen LogP contribution in [0.4, 0.5) is 10.5 Å². The van der Waals surface area contributed by atoms with Crippen molar-refractivity contribution in [3.63, 3.8) is 0 Å². The smallest absolute Gasteiger partial charge is 0.459 e. The van der Waals surface area contributed by atoms with E-state index in [0.717, 1.165) is 33.6 Å². The number of Topliss-reactive ketones (excluding diaryl/α,β-unsaturated/α-hetero) is 2. The summed E-state index contributed by atoms with van der Waals surface area (Å²) in [6, 6.07) is 3.42. The van der Waals surface area contributed by atoms with E-state index in [4.69, 9.17) is 38.5 Å². The fourth-order valence-electron chi connectivity index (χ4n) is 12.8. The quantitative estimate of drug-likeness (QED) is 0.0119. The summed E-state index contributed by atoms with van der Waals surface area (Å²) in [5.74, 6) is -19.0. The second kappa shape index (κ2) is 46.2. The molecule has 0 aliphatic carbocycles. The van der Waals surface area contributed by atoms with Crippen LogP contribution in [0.2, 0.25) is 0 Å². The Morgan fingerprint density at radius 3 is 1.96 bits per heavy atom. The first-order valence-corrected chi connectivity index (χ1v) is 40.2. The SMILES string of the molecule is C=C1C(=O)N[C@@H](C)C(=O)N(C)[C@@H](C)C(=O)N[C@@H]([C@H](OC(=O)[C@@H](CC(=O)CC)[C@H](OP(=O)(O)OCc2ccc(NC(=O)[C@H](CCCNC(N)=O)CC(=O)[C@@H](NC(=O)CCOCCN3C(=O)CC(C)C3=O)C(C)C)cc2)C(C)C)C(C)C)C(=O)N(C)[C@@H]([C@@H](C)OC)C(=O)O[C@H](C(C)C)[C@H](NC(C)=O)C(=O)O[C@H](Cc2ccccc2)C(=O)N1C. The van der Waals surface area contributed by atoms with Crippen LogP contribution in [0.25, 0.3) is 0 Å². The van der Waals surface area contributed by atoms with Gasteiger partial charge in [0.2, 0.25) is 47.3 Å². The molecule has 2 fully saturated rings. The minimum atomic E-state index is -5.30. The first-order chi connectivity index (χ1) is 54.3. The largest absolute Gasteiger partial charge is 0.472 e. The number of phosphoric ester groups is 1. The fourth-order valence-corrected chi connectivity index (χ4v) is 13.9. The molecule has 12 amide bonds. The standard InChI is InChI=1S/C79H118N11O25P/c1-20-56(92)40-57(66(43(4)5)115-116(107,108)111-41-53-28-30-55(31-29-53)84-71(98)54(27-24-33-81-79(80)106)39-58(93)62(42(2)3)85-60(94)32-35-110-36-34-90-61(95)37-46(10)72(90)99)76(103)113-67(44(6)7)63-75(102)89(18)65(50(14)109-19)78(105)114-68(45(8)9)64(83-51(15)91)77(104)112-59(38-52-25-22-21-23-26-52)74(101)88(17)48(12)69(96)82-47(11)73(100)87(16)49(13)70(97)86-63/h21-23,25-26,28-31,42-47,49-50,54,57,59,62-68H,12,20,24,27,32-41H2,1-11,13-19H3,(H,82,96)(H,83,91)(H,84,98)(H,85,94)(H,86,97)(H,107,108)(H3,80,81,106)/t46?,47-,49-,50+,54+,57-,59+,62-,63-,64-,65-,66+,67+,68+/m0/s1. The maximum absolute atomic E-state index is 15.7. The number of imide groups is 1. The molecule has 0 spiro atoms. The number of urea groups is 1. The van der Waals surface area contributed by atoms with Gasteiger partial charge in [-0.05, 0) is 80.5 Å². The number of ether oxygens (including phenoxy) is 5. The van der Waals surface area contributed by atoms with Crippen LogP contribution in [-0.2, 0) is 122 Å². The maximum Gasteiger partial charge on any atom is 0.472 e. The molecule has 2 unspecified atom stereocenters. The van der Waals surface area contributed by atoms with Crippen LogP contribution in [0.5, 0.6) is 0 Å². The Hall–Kier alpha value is -9.87. The lowest BCUT2D eigenvalue weighted by Gasteiger charge is -2.39. The van der Waals surface area contributed by atoms with Crippen molar-refractivity contribution in [1.82, 2.24) is 46.2 Å². The predicted molar refractivity (Wildman–Crippen MR) is 419 cm³/mol. The molecule has 644 valence electrons. The Balaban J connectivity index is 1.68. The number of carbonyl (C=O) groups excluding carboxylic acids is 16. The number of carbonyl (C=O) groups is 16. The van der Waals surface area contributed by atoms with Gasteiger partial charge in [0, 0.05) is 97.8 Å². The van der Waals surface area contributed by atoms with Gasteiger partial charge in [0.15, 0.2) is 24.0 Å². The summed E-state index contributed by atoms with van der Waals surface area (Å²) >= 11 is 0. The predicted octanol–water partition coefficient (Wildman–Crippen LogP) is 3.71. The molecule has 2 heterocycles. The monoisotopic (exact) mass is 1650 g/mol. The molecule has 15 atom stereocenters. The number of rotatable bonds is 37. The molecule has 0 saturated carbocycles. The Kier molecular flexibility index (Phi) is 39.2. The van der Waals surface area contributed by atoms with Gasteiger partial charge in [-0.3, -0.25) is 76.3 Å². The van der Waals surface area contributed by atoms with Crippen molar-refractivity contribution in [1.29, 1.82) is 0 Å². The van der Waals surface area contributed by atoms with E-state index < -0.39 is 218 Å². The molecule has 4 rings (SSSR count). The van der Waals surface area contributed by atoms with E-state index in [1.54, 1.807) is 51.1 Å². The van der Waals surface area contributed by atoms with Crippen molar-refractivity contribution in [2.45, 2.75) is 222 Å². The number of amides is 12. The van der Waals surface area contributed by atoms with E-state index in [9.17, 15) is 71.8 Å². The highest BCUT2D eigenvalue weighted by Crippen LogP contribution is 2.48. The number of primary amides is 1. The first-order valence-electron chi connectivity index (χ1n) is 38.7. The third-order valence-corrected chi connectivity index (χ3v) is 20.9. The lowest BCUT2D eigenvalue weighted by Crippen LogP contribution is -2.63. The van der Waals surface area contributed by atoms with Gasteiger partial charge in [-0.2, -0.15) is 0 Å². The van der Waals surface area contributed by atoms with Crippen LogP contribution in [-0.4, -0.2) is 240 Å². The zero-order chi connectivity index (χ0) is 87.5. The van der Waals surface area contributed by atoms with E-state index in [-0.39, 0.29) is 94.3 Å². The highest BCUT2D eigenvalue weighted by Gasteiger charge is 2.49. The van der Waals surface area contributed by atoms with Gasteiger partial charge >= 0.3 is 31.8 Å². The number of anilines is 1. The van der Waals surface area contributed by atoms with Crippen LogP contribution in [0.3, 0.4) is 0 Å².